The Morgan fingerprint density at radius 2 is 2.00 bits per heavy atom. The van der Waals surface area contributed by atoms with Crippen LogP contribution in [0.2, 0.25) is 0 Å². The Bertz CT molecular complexity index is 667. The Hall–Kier alpha value is -1.15. The highest BCUT2D eigenvalue weighted by Crippen LogP contribution is 2.37. The number of sulfonamides is 1. The van der Waals surface area contributed by atoms with Crippen LogP contribution in [-0.4, -0.2) is 71.2 Å². The van der Waals surface area contributed by atoms with E-state index in [1.54, 1.807) is 24.3 Å². The molecule has 0 aromatic heterocycles. The van der Waals surface area contributed by atoms with Crippen molar-refractivity contribution in [3.8, 4) is 5.75 Å². The van der Waals surface area contributed by atoms with Crippen molar-refractivity contribution in [3.63, 3.8) is 0 Å². The number of rotatable bonds is 6. The summed E-state index contributed by atoms with van der Waals surface area (Å²) in [7, 11) is -0.330. The largest absolute Gasteiger partial charge is 0.492 e. The first-order valence-electron chi connectivity index (χ1n) is 8.87. The zero-order valence-corrected chi connectivity index (χ0v) is 15.9. The van der Waals surface area contributed by atoms with Crippen molar-refractivity contribution in [2.45, 2.75) is 24.2 Å². The molecule has 2 saturated heterocycles. The lowest BCUT2D eigenvalue weighted by atomic mass is 9.82. The van der Waals surface area contributed by atoms with Crippen molar-refractivity contribution in [1.29, 1.82) is 0 Å². The third kappa shape index (κ3) is 4.34. The lowest BCUT2D eigenvalue weighted by Crippen LogP contribution is -2.36. The van der Waals surface area contributed by atoms with Gasteiger partial charge in [-0.1, -0.05) is 0 Å². The van der Waals surface area contributed by atoms with E-state index < -0.39 is 10.0 Å². The van der Waals surface area contributed by atoms with Crippen molar-refractivity contribution >= 4 is 10.0 Å². The molecule has 3 rings (SSSR count). The van der Waals surface area contributed by atoms with Gasteiger partial charge in [-0.05, 0) is 50.1 Å². The van der Waals surface area contributed by atoms with Crippen LogP contribution in [0.1, 0.15) is 19.3 Å². The minimum absolute atomic E-state index is 0.281. The number of hydrogen-bond donors (Lipinski definition) is 0. The summed E-state index contributed by atoms with van der Waals surface area (Å²) in [5, 5.41) is 0. The summed E-state index contributed by atoms with van der Waals surface area (Å²) >= 11 is 0. The molecule has 1 atom stereocenters. The van der Waals surface area contributed by atoms with Gasteiger partial charge in [0.15, 0.2) is 0 Å². The molecule has 1 aromatic carbocycles. The first-order valence-corrected chi connectivity index (χ1v) is 10.3. The van der Waals surface area contributed by atoms with Gasteiger partial charge in [-0.2, -0.15) is 0 Å². The maximum atomic E-state index is 12.0. The van der Waals surface area contributed by atoms with Crippen LogP contribution in [0.25, 0.3) is 0 Å². The molecule has 0 aliphatic carbocycles. The number of hydrogen-bond acceptors (Lipinski definition) is 5. The zero-order valence-electron chi connectivity index (χ0n) is 15.1. The second-order valence-electron chi connectivity index (χ2n) is 7.29. The standard InChI is InChI=1S/C18H28N2O4S/c1-19(2)25(21,22)17-6-4-16(5-7-17)24-13-11-20-10-9-18(14-20)8-3-12-23-15-18/h4-7H,3,8-15H2,1-2H3. The van der Waals surface area contributed by atoms with Crippen LogP contribution in [0.15, 0.2) is 29.2 Å². The summed E-state index contributed by atoms with van der Waals surface area (Å²) in [6, 6.07) is 6.62. The van der Waals surface area contributed by atoms with Crippen LogP contribution in [0, 0.1) is 5.41 Å². The molecule has 2 aliphatic rings. The van der Waals surface area contributed by atoms with Crippen LogP contribution in [0.5, 0.6) is 5.75 Å². The Morgan fingerprint density at radius 1 is 1.24 bits per heavy atom. The fourth-order valence-corrected chi connectivity index (χ4v) is 4.56. The van der Waals surface area contributed by atoms with Crippen molar-refractivity contribution in [1.82, 2.24) is 9.21 Å². The third-order valence-corrected chi connectivity index (χ3v) is 7.03. The minimum Gasteiger partial charge on any atom is -0.492 e. The van der Waals surface area contributed by atoms with Crippen LogP contribution in [0.4, 0.5) is 0 Å². The lowest BCUT2D eigenvalue weighted by Gasteiger charge is -2.33. The summed E-state index contributed by atoms with van der Waals surface area (Å²) in [5.74, 6) is 0.701. The monoisotopic (exact) mass is 368 g/mol. The molecule has 6 nitrogen and oxygen atoms in total. The van der Waals surface area contributed by atoms with Gasteiger partial charge in [0.25, 0.3) is 0 Å². The van der Waals surface area contributed by atoms with Gasteiger partial charge in [0, 0.05) is 39.2 Å². The molecule has 0 saturated carbocycles. The molecule has 1 spiro atoms. The molecule has 2 heterocycles. The normalized spacial score (nSPS) is 24.9. The molecule has 7 heteroatoms. The summed E-state index contributed by atoms with van der Waals surface area (Å²) in [6.45, 7) is 5.50. The summed E-state index contributed by atoms with van der Waals surface area (Å²) in [6.07, 6.45) is 3.66. The highest BCUT2D eigenvalue weighted by Gasteiger charge is 2.39. The number of nitrogens with zero attached hydrogens (tertiary/aromatic N) is 2. The zero-order chi connectivity index (χ0) is 17.9. The van der Waals surface area contributed by atoms with E-state index in [4.69, 9.17) is 9.47 Å². The molecular weight excluding hydrogens is 340 g/mol. The topological polar surface area (TPSA) is 59.1 Å². The smallest absolute Gasteiger partial charge is 0.242 e. The summed E-state index contributed by atoms with van der Waals surface area (Å²) < 4.78 is 36.8. The Balaban J connectivity index is 1.47. The molecule has 0 N–H and O–H groups in total. The average Bonchev–Trinajstić information content (AvgIpc) is 2.98. The van der Waals surface area contributed by atoms with Gasteiger partial charge < -0.3 is 9.47 Å². The maximum Gasteiger partial charge on any atom is 0.242 e. The second-order valence-corrected chi connectivity index (χ2v) is 9.44. The maximum absolute atomic E-state index is 12.0. The minimum atomic E-state index is -3.39. The quantitative estimate of drug-likeness (QED) is 0.767. The van der Waals surface area contributed by atoms with E-state index in [-0.39, 0.29) is 4.90 Å². The Kier molecular flexibility index (Phi) is 5.68. The Labute approximate surface area is 150 Å². The van der Waals surface area contributed by atoms with E-state index >= 15 is 0 Å². The molecule has 140 valence electrons. The Morgan fingerprint density at radius 3 is 2.64 bits per heavy atom. The van der Waals surface area contributed by atoms with Crippen molar-refractivity contribution in [2.24, 2.45) is 5.41 Å². The van der Waals surface area contributed by atoms with Gasteiger partial charge in [0.1, 0.15) is 12.4 Å². The van der Waals surface area contributed by atoms with Gasteiger partial charge in [-0.25, -0.2) is 12.7 Å². The number of benzene rings is 1. The molecule has 0 bridgehead atoms. The number of ether oxygens (including phenoxy) is 2. The van der Waals surface area contributed by atoms with Crippen LogP contribution < -0.4 is 4.74 Å². The van der Waals surface area contributed by atoms with E-state index in [2.05, 4.69) is 4.90 Å². The van der Waals surface area contributed by atoms with E-state index in [9.17, 15) is 8.42 Å². The summed E-state index contributed by atoms with van der Waals surface area (Å²) in [4.78, 5) is 2.73. The molecular formula is C18H28N2O4S. The van der Waals surface area contributed by atoms with Crippen molar-refractivity contribution in [3.05, 3.63) is 24.3 Å². The molecule has 2 aliphatic heterocycles. The fourth-order valence-electron chi connectivity index (χ4n) is 3.66. The SMILES string of the molecule is CN(C)S(=O)(=O)c1ccc(OCCN2CCC3(CCCOC3)C2)cc1. The molecule has 2 fully saturated rings. The van der Waals surface area contributed by atoms with Crippen molar-refractivity contribution in [2.75, 3.05) is 53.6 Å². The van der Waals surface area contributed by atoms with Crippen molar-refractivity contribution < 1.29 is 17.9 Å². The van der Waals surface area contributed by atoms with Crippen LogP contribution in [0.3, 0.4) is 0 Å². The van der Waals surface area contributed by atoms with Gasteiger partial charge in [0.05, 0.1) is 11.5 Å². The van der Waals surface area contributed by atoms with E-state index in [0.717, 1.165) is 32.8 Å². The van der Waals surface area contributed by atoms with E-state index in [0.29, 0.717) is 17.8 Å². The molecule has 0 radical (unpaired) electrons. The highest BCUT2D eigenvalue weighted by molar-refractivity contribution is 7.89. The lowest BCUT2D eigenvalue weighted by molar-refractivity contribution is -0.00256. The predicted molar refractivity (Wildman–Crippen MR) is 96.4 cm³/mol. The number of likely N-dealkylation sites (tertiary alicyclic amines) is 1. The highest BCUT2D eigenvalue weighted by atomic mass is 32.2. The second kappa shape index (κ2) is 7.61. The van der Waals surface area contributed by atoms with Crippen LogP contribution in [-0.2, 0) is 14.8 Å². The van der Waals surface area contributed by atoms with Gasteiger partial charge in [0.2, 0.25) is 10.0 Å². The van der Waals surface area contributed by atoms with E-state index in [1.165, 1.54) is 37.7 Å². The van der Waals surface area contributed by atoms with Gasteiger partial charge in [-0.3, -0.25) is 4.90 Å². The van der Waals surface area contributed by atoms with Gasteiger partial charge in [-0.15, -0.1) is 0 Å². The average molecular weight is 368 g/mol. The first kappa shape index (κ1) is 18.6. The first-order chi connectivity index (χ1) is 11.9. The molecule has 1 unspecified atom stereocenters. The molecule has 25 heavy (non-hydrogen) atoms. The summed E-state index contributed by atoms with van der Waals surface area (Å²) in [5.41, 5.74) is 0.362. The van der Waals surface area contributed by atoms with Crippen LogP contribution >= 0.6 is 0 Å². The molecule has 0 amide bonds. The predicted octanol–water partition coefficient (Wildman–Crippen LogP) is 1.82. The molecule has 1 aromatic rings. The van der Waals surface area contributed by atoms with Gasteiger partial charge >= 0.3 is 0 Å². The third-order valence-electron chi connectivity index (χ3n) is 5.20. The fraction of sp³-hybridized carbons (Fsp3) is 0.667. The van der Waals surface area contributed by atoms with E-state index in [1.807, 2.05) is 0 Å².